The van der Waals surface area contributed by atoms with E-state index < -0.39 is 5.97 Å². The van der Waals surface area contributed by atoms with Gasteiger partial charge in [-0.15, -0.1) is 0 Å². The molecule has 0 fully saturated rings. The average Bonchev–Trinajstić information content (AvgIpc) is 2.25. The second kappa shape index (κ2) is 6.01. The third-order valence-corrected chi connectivity index (χ3v) is 2.32. The lowest BCUT2D eigenvalue weighted by Crippen LogP contribution is -2.17. The number of hydrogen-bond acceptors (Lipinski definition) is 3. The largest absolute Gasteiger partial charge is 0.481 e. The first-order valence-corrected chi connectivity index (χ1v) is 5.08. The molecule has 1 aromatic rings. The van der Waals surface area contributed by atoms with Gasteiger partial charge >= 0.3 is 5.97 Å². The molecule has 1 rings (SSSR count). The van der Waals surface area contributed by atoms with E-state index in [9.17, 15) is 4.79 Å². The van der Waals surface area contributed by atoms with Crippen LogP contribution in [0, 0.1) is 5.92 Å². The number of hydrogen-bond donors (Lipinski definition) is 2. The maximum atomic E-state index is 10.5. The molecule has 0 aliphatic heterocycles. The van der Waals surface area contributed by atoms with Crippen molar-refractivity contribution in [2.45, 2.75) is 19.8 Å². The highest BCUT2D eigenvalue weighted by Crippen LogP contribution is 2.10. The van der Waals surface area contributed by atoms with Crippen molar-refractivity contribution in [3.63, 3.8) is 0 Å². The van der Waals surface area contributed by atoms with Gasteiger partial charge in [-0.25, -0.2) is 0 Å². The molecular weight excluding hydrogens is 192 g/mol. The van der Waals surface area contributed by atoms with Gasteiger partial charge in [0.1, 0.15) is 0 Å². The minimum absolute atomic E-state index is 0.177. The second-order valence-electron chi connectivity index (χ2n) is 3.49. The van der Waals surface area contributed by atoms with E-state index in [1.807, 2.05) is 19.1 Å². The first-order chi connectivity index (χ1) is 7.22. The Balaban J connectivity index is 2.37. The molecule has 4 nitrogen and oxygen atoms in total. The van der Waals surface area contributed by atoms with Gasteiger partial charge in [0.15, 0.2) is 0 Å². The van der Waals surface area contributed by atoms with E-state index in [0.29, 0.717) is 6.54 Å². The van der Waals surface area contributed by atoms with Gasteiger partial charge in [-0.1, -0.05) is 13.3 Å². The predicted molar refractivity (Wildman–Crippen MR) is 58.8 cm³/mol. The normalized spacial score (nSPS) is 12.1. The van der Waals surface area contributed by atoms with Crippen LogP contribution in [0.2, 0.25) is 0 Å². The molecule has 0 aliphatic carbocycles. The fourth-order valence-electron chi connectivity index (χ4n) is 1.34. The summed E-state index contributed by atoms with van der Waals surface area (Å²) in [6.07, 6.45) is 4.50. The van der Waals surface area contributed by atoms with Crippen LogP contribution in [0.3, 0.4) is 0 Å². The van der Waals surface area contributed by atoms with Gasteiger partial charge in [0.25, 0.3) is 0 Å². The molecule has 1 heterocycles. The Morgan fingerprint density at radius 1 is 1.53 bits per heavy atom. The van der Waals surface area contributed by atoms with E-state index in [2.05, 4.69) is 10.3 Å². The van der Waals surface area contributed by atoms with Crippen LogP contribution in [0.1, 0.15) is 19.8 Å². The quantitative estimate of drug-likeness (QED) is 0.750. The Labute approximate surface area is 89.3 Å². The van der Waals surface area contributed by atoms with Crippen molar-refractivity contribution in [3.05, 3.63) is 24.5 Å². The summed E-state index contributed by atoms with van der Waals surface area (Å²) in [5.41, 5.74) is 0.980. The van der Waals surface area contributed by atoms with Gasteiger partial charge < -0.3 is 10.4 Å². The molecule has 0 spiro atoms. The van der Waals surface area contributed by atoms with Crippen molar-refractivity contribution in [2.24, 2.45) is 5.92 Å². The van der Waals surface area contributed by atoms with Crippen molar-refractivity contribution in [3.8, 4) is 0 Å². The van der Waals surface area contributed by atoms with Crippen LogP contribution in [0.5, 0.6) is 0 Å². The van der Waals surface area contributed by atoms with Crippen LogP contribution < -0.4 is 5.32 Å². The fraction of sp³-hybridized carbons (Fsp3) is 0.455. The molecule has 0 saturated heterocycles. The number of pyridine rings is 1. The van der Waals surface area contributed by atoms with Gasteiger partial charge in [-0.3, -0.25) is 9.78 Å². The summed E-state index contributed by atoms with van der Waals surface area (Å²) in [7, 11) is 0. The van der Waals surface area contributed by atoms with Crippen LogP contribution in [-0.2, 0) is 4.79 Å². The smallest absolute Gasteiger partial charge is 0.303 e. The molecule has 0 saturated carbocycles. The van der Waals surface area contributed by atoms with Crippen molar-refractivity contribution < 1.29 is 9.90 Å². The number of aliphatic carboxylic acids is 1. The minimum Gasteiger partial charge on any atom is -0.481 e. The number of nitrogens with zero attached hydrogens (tertiary/aromatic N) is 1. The molecule has 0 bridgehead atoms. The van der Waals surface area contributed by atoms with Crippen LogP contribution in [0.15, 0.2) is 24.5 Å². The summed E-state index contributed by atoms with van der Waals surface area (Å²) in [5, 5.41) is 11.9. The standard InChI is InChI=1S/C11H16N2O2/c1-2-9(7-11(14)15)8-13-10-3-5-12-6-4-10/h3-6,9H,2,7-8H2,1H3,(H,12,13)(H,14,15). The molecule has 0 radical (unpaired) electrons. The molecule has 15 heavy (non-hydrogen) atoms. The predicted octanol–water partition coefficient (Wildman–Crippen LogP) is 1.99. The molecule has 4 heteroatoms. The topological polar surface area (TPSA) is 62.2 Å². The van der Waals surface area contributed by atoms with Crippen LogP contribution >= 0.6 is 0 Å². The fourth-order valence-corrected chi connectivity index (χ4v) is 1.34. The molecule has 1 atom stereocenters. The molecule has 0 amide bonds. The van der Waals surface area contributed by atoms with Crippen LogP contribution in [0.4, 0.5) is 5.69 Å². The van der Waals surface area contributed by atoms with Gasteiger partial charge in [0, 0.05) is 31.0 Å². The zero-order valence-corrected chi connectivity index (χ0v) is 8.81. The minimum atomic E-state index is -0.738. The van der Waals surface area contributed by atoms with Crippen LogP contribution in [0.25, 0.3) is 0 Å². The Hall–Kier alpha value is -1.58. The Morgan fingerprint density at radius 2 is 2.20 bits per heavy atom. The van der Waals surface area contributed by atoms with E-state index in [-0.39, 0.29) is 12.3 Å². The summed E-state index contributed by atoms with van der Waals surface area (Å²) < 4.78 is 0. The second-order valence-corrected chi connectivity index (χ2v) is 3.49. The molecule has 0 aromatic carbocycles. The first kappa shape index (κ1) is 11.5. The number of anilines is 1. The SMILES string of the molecule is CCC(CNc1ccncc1)CC(=O)O. The Bertz CT molecular complexity index is 301. The van der Waals surface area contributed by atoms with Gasteiger partial charge in [0.2, 0.25) is 0 Å². The third-order valence-electron chi connectivity index (χ3n) is 2.32. The molecule has 1 unspecified atom stereocenters. The van der Waals surface area contributed by atoms with Crippen molar-refractivity contribution in [1.29, 1.82) is 0 Å². The highest BCUT2D eigenvalue weighted by Gasteiger charge is 2.10. The first-order valence-electron chi connectivity index (χ1n) is 5.08. The third kappa shape index (κ3) is 4.44. The number of carboxylic acids is 1. The monoisotopic (exact) mass is 208 g/mol. The maximum absolute atomic E-state index is 10.5. The lowest BCUT2D eigenvalue weighted by atomic mass is 10.0. The lowest BCUT2D eigenvalue weighted by molar-refractivity contribution is -0.138. The summed E-state index contributed by atoms with van der Waals surface area (Å²) >= 11 is 0. The average molecular weight is 208 g/mol. The van der Waals surface area contributed by atoms with E-state index in [1.54, 1.807) is 12.4 Å². The molecular formula is C11H16N2O2. The molecule has 2 N–H and O–H groups in total. The zero-order chi connectivity index (χ0) is 11.1. The van der Waals surface area contributed by atoms with E-state index >= 15 is 0 Å². The van der Waals surface area contributed by atoms with E-state index in [0.717, 1.165) is 12.1 Å². The molecule has 82 valence electrons. The lowest BCUT2D eigenvalue weighted by Gasteiger charge is -2.13. The van der Waals surface area contributed by atoms with Gasteiger partial charge in [0.05, 0.1) is 0 Å². The van der Waals surface area contributed by atoms with Gasteiger partial charge in [-0.05, 0) is 18.1 Å². The summed E-state index contributed by atoms with van der Waals surface area (Å²) in [6.45, 7) is 2.69. The number of nitrogens with one attached hydrogen (secondary N) is 1. The summed E-state index contributed by atoms with van der Waals surface area (Å²) in [4.78, 5) is 14.4. The highest BCUT2D eigenvalue weighted by molar-refractivity contribution is 5.67. The number of carbonyl (C=O) groups is 1. The van der Waals surface area contributed by atoms with Crippen molar-refractivity contribution in [2.75, 3.05) is 11.9 Å². The zero-order valence-electron chi connectivity index (χ0n) is 8.81. The summed E-state index contributed by atoms with van der Waals surface area (Å²) in [5.74, 6) is -0.561. The Kier molecular flexibility index (Phi) is 4.60. The van der Waals surface area contributed by atoms with Crippen LogP contribution in [-0.4, -0.2) is 22.6 Å². The number of rotatable bonds is 6. The van der Waals surface area contributed by atoms with Crippen molar-refractivity contribution in [1.82, 2.24) is 4.98 Å². The Morgan fingerprint density at radius 3 is 2.73 bits per heavy atom. The van der Waals surface area contributed by atoms with E-state index in [4.69, 9.17) is 5.11 Å². The van der Waals surface area contributed by atoms with Gasteiger partial charge in [-0.2, -0.15) is 0 Å². The number of aromatic nitrogens is 1. The summed E-state index contributed by atoms with van der Waals surface area (Å²) in [6, 6.07) is 3.74. The highest BCUT2D eigenvalue weighted by atomic mass is 16.4. The van der Waals surface area contributed by atoms with E-state index in [1.165, 1.54) is 0 Å². The molecule has 0 aliphatic rings. The van der Waals surface area contributed by atoms with Crippen molar-refractivity contribution >= 4 is 11.7 Å². The maximum Gasteiger partial charge on any atom is 0.303 e. The number of carboxylic acid groups (broad SMARTS) is 1. The molecule has 1 aromatic heterocycles.